The fourth-order valence-corrected chi connectivity index (χ4v) is 2.68. The third-order valence-corrected chi connectivity index (χ3v) is 4.22. The Labute approximate surface area is 103 Å². The van der Waals surface area contributed by atoms with Crippen LogP contribution in [0.4, 0.5) is 0 Å². The van der Waals surface area contributed by atoms with Crippen molar-refractivity contribution >= 4 is 33.7 Å². The van der Waals surface area contributed by atoms with Crippen LogP contribution in [0.1, 0.15) is 13.8 Å². The Morgan fingerprint density at radius 3 is 2.75 bits per heavy atom. The number of pyridine rings is 1. The van der Waals surface area contributed by atoms with E-state index >= 15 is 0 Å². The van der Waals surface area contributed by atoms with Crippen LogP contribution in [-0.2, 0) is 11.2 Å². The molecule has 0 saturated carbocycles. The maximum Gasteiger partial charge on any atom is 0.153 e. The van der Waals surface area contributed by atoms with Crippen LogP contribution in [0.15, 0.2) is 35.4 Å². The van der Waals surface area contributed by atoms with Crippen molar-refractivity contribution in [1.82, 2.24) is 4.98 Å². The summed E-state index contributed by atoms with van der Waals surface area (Å²) in [7, 11) is 0. The monoisotopic (exact) mass is 253 g/mol. The lowest BCUT2D eigenvalue weighted by molar-refractivity contribution is 0.586. The minimum atomic E-state index is -0.986. The molecule has 2 aromatic rings. The zero-order chi connectivity index (χ0) is 11.7. The summed E-state index contributed by atoms with van der Waals surface area (Å²) in [5.41, 5.74) is 0.831. The number of nitrogens with zero attached hydrogens (tertiary/aromatic N) is 1. The molecular weight excluding hydrogens is 242 g/mol. The van der Waals surface area contributed by atoms with Crippen molar-refractivity contribution in [2.24, 2.45) is 0 Å². The van der Waals surface area contributed by atoms with Gasteiger partial charge >= 0.3 is 0 Å². The minimum Gasteiger partial charge on any atom is -0.611 e. The number of rotatable bonds is 2. The van der Waals surface area contributed by atoms with Crippen LogP contribution < -0.4 is 0 Å². The highest BCUT2D eigenvalue weighted by atomic mass is 35.5. The molecule has 0 bridgehead atoms. The van der Waals surface area contributed by atoms with E-state index in [0.717, 1.165) is 15.8 Å². The summed E-state index contributed by atoms with van der Waals surface area (Å²) >= 11 is 5.09. The summed E-state index contributed by atoms with van der Waals surface area (Å²) in [6, 6.07) is 7.31. The van der Waals surface area contributed by atoms with Crippen molar-refractivity contribution in [3.63, 3.8) is 0 Å². The Morgan fingerprint density at radius 1 is 1.31 bits per heavy atom. The molecule has 0 radical (unpaired) electrons. The quantitative estimate of drug-likeness (QED) is 0.769. The van der Waals surface area contributed by atoms with Gasteiger partial charge in [0.15, 0.2) is 4.90 Å². The minimum absolute atomic E-state index is 0.105. The van der Waals surface area contributed by atoms with Crippen LogP contribution in [0.5, 0.6) is 0 Å². The number of aromatic nitrogens is 1. The first-order chi connectivity index (χ1) is 7.59. The van der Waals surface area contributed by atoms with Gasteiger partial charge in [-0.05, 0) is 43.2 Å². The van der Waals surface area contributed by atoms with Crippen molar-refractivity contribution in [3.8, 4) is 0 Å². The second kappa shape index (κ2) is 4.62. The molecule has 0 N–H and O–H groups in total. The van der Waals surface area contributed by atoms with Gasteiger partial charge in [-0.1, -0.05) is 11.6 Å². The van der Waals surface area contributed by atoms with Crippen LogP contribution >= 0.6 is 11.6 Å². The number of halogens is 1. The highest BCUT2D eigenvalue weighted by Gasteiger charge is 2.16. The topological polar surface area (TPSA) is 36.0 Å². The molecule has 0 fully saturated rings. The Balaban J connectivity index is 2.55. The number of hydrogen-bond donors (Lipinski definition) is 0. The molecule has 1 atom stereocenters. The van der Waals surface area contributed by atoms with Gasteiger partial charge in [0.05, 0.1) is 10.5 Å². The van der Waals surface area contributed by atoms with E-state index in [4.69, 9.17) is 11.6 Å². The Morgan fingerprint density at radius 2 is 2.06 bits per heavy atom. The molecule has 4 heteroatoms. The van der Waals surface area contributed by atoms with E-state index in [1.165, 1.54) is 0 Å². The molecule has 1 heterocycles. The zero-order valence-electron chi connectivity index (χ0n) is 9.11. The largest absolute Gasteiger partial charge is 0.611 e. The molecule has 0 aliphatic heterocycles. The molecule has 2 nitrogen and oxygen atoms in total. The van der Waals surface area contributed by atoms with Crippen molar-refractivity contribution in [1.29, 1.82) is 0 Å². The predicted octanol–water partition coefficient (Wildman–Crippen LogP) is 3.40. The van der Waals surface area contributed by atoms with Crippen molar-refractivity contribution in [3.05, 3.63) is 35.5 Å². The molecule has 84 valence electrons. The molecule has 0 aliphatic carbocycles. The van der Waals surface area contributed by atoms with Gasteiger partial charge in [-0.25, -0.2) is 0 Å². The number of benzene rings is 1. The molecule has 16 heavy (non-hydrogen) atoms. The maximum atomic E-state index is 11.9. The fraction of sp³-hybridized carbons (Fsp3) is 0.250. The van der Waals surface area contributed by atoms with Gasteiger partial charge in [0.25, 0.3) is 0 Å². The van der Waals surface area contributed by atoms with Gasteiger partial charge < -0.3 is 4.55 Å². The Hall–Kier alpha value is -0.770. The van der Waals surface area contributed by atoms with E-state index in [-0.39, 0.29) is 5.25 Å². The van der Waals surface area contributed by atoms with E-state index in [9.17, 15) is 4.55 Å². The third kappa shape index (κ3) is 2.17. The summed E-state index contributed by atoms with van der Waals surface area (Å²) in [4.78, 5) is 5.01. The molecule has 0 aliphatic rings. The fourth-order valence-electron chi connectivity index (χ4n) is 1.49. The van der Waals surface area contributed by atoms with Crippen molar-refractivity contribution in [2.75, 3.05) is 0 Å². The molecule has 1 unspecified atom stereocenters. The lowest BCUT2D eigenvalue weighted by Gasteiger charge is -2.14. The van der Waals surface area contributed by atoms with Crippen LogP contribution in [0.25, 0.3) is 10.9 Å². The summed E-state index contributed by atoms with van der Waals surface area (Å²) in [5, 5.41) is 1.61. The summed E-state index contributed by atoms with van der Waals surface area (Å²) in [6.45, 7) is 3.87. The number of hydrogen-bond acceptors (Lipinski definition) is 2. The summed E-state index contributed by atoms with van der Waals surface area (Å²) in [6.07, 6.45) is 1.67. The van der Waals surface area contributed by atoms with Gasteiger partial charge in [0, 0.05) is 17.6 Å². The van der Waals surface area contributed by atoms with Crippen molar-refractivity contribution < 1.29 is 4.55 Å². The predicted molar refractivity (Wildman–Crippen MR) is 68.3 cm³/mol. The smallest absolute Gasteiger partial charge is 0.153 e. The second-order valence-electron chi connectivity index (χ2n) is 3.82. The third-order valence-electron chi connectivity index (χ3n) is 2.32. The van der Waals surface area contributed by atoms with Gasteiger partial charge in [-0.3, -0.25) is 4.98 Å². The van der Waals surface area contributed by atoms with Gasteiger partial charge in [0.2, 0.25) is 0 Å². The molecular formula is C12H12ClNOS. The summed E-state index contributed by atoms with van der Waals surface area (Å²) in [5.74, 6) is 0. The first kappa shape index (κ1) is 11.7. The zero-order valence-corrected chi connectivity index (χ0v) is 10.7. The Bertz CT molecular complexity index is 515. The molecule has 1 aromatic heterocycles. The normalized spacial score (nSPS) is 13.3. The average molecular weight is 254 g/mol. The Kier molecular flexibility index (Phi) is 3.38. The van der Waals surface area contributed by atoms with Crippen LogP contribution in [0.3, 0.4) is 0 Å². The first-order valence-electron chi connectivity index (χ1n) is 5.04. The molecule has 0 amide bonds. The van der Waals surface area contributed by atoms with E-state index in [0.29, 0.717) is 5.02 Å². The van der Waals surface area contributed by atoms with Gasteiger partial charge in [-0.2, -0.15) is 0 Å². The highest BCUT2D eigenvalue weighted by Crippen LogP contribution is 2.25. The number of fused-ring (bicyclic) bond motifs is 1. The lowest BCUT2D eigenvalue weighted by atomic mass is 10.2. The highest BCUT2D eigenvalue weighted by molar-refractivity contribution is 7.92. The molecule has 0 saturated heterocycles. The maximum absolute atomic E-state index is 11.9. The van der Waals surface area contributed by atoms with E-state index in [1.807, 2.05) is 32.0 Å². The molecule has 1 aromatic carbocycles. The molecule has 2 rings (SSSR count). The SMILES string of the molecule is CC(C)[S+]([O-])c1ccc2nccc(Cl)c2c1. The van der Waals surface area contributed by atoms with Gasteiger partial charge in [-0.15, -0.1) is 0 Å². The summed E-state index contributed by atoms with van der Waals surface area (Å²) < 4.78 is 11.9. The second-order valence-corrected chi connectivity index (χ2v) is 6.23. The lowest BCUT2D eigenvalue weighted by Crippen LogP contribution is -2.13. The average Bonchev–Trinajstić information content (AvgIpc) is 2.28. The molecule has 0 spiro atoms. The van der Waals surface area contributed by atoms with E-state index in [1.54, 1.807) is 12.3 Å². The van der Waals surface area contributed by atoms with Crippen molar-refractivity contribution in [2.45, 2.75) is 24.0 Å². The first-order valence-corrected chi connectivity index (χ1v) is 6.63. The standard InChI is InChI=1S/C12H12ClNOS/c1-8(2)16(15)9-3-4-12-10(7-9)11(13)5-6-14-12/h3-8H,1-2H3. The van der Waals surface area contributed by atoms with Gasteiger partial charge in [0.1, 0.15) is 5.25 Å². The van der Waals surface area contributed by atoms with Crippen LogP contribution in [0, 0.1) is 0 Å². The van der Waals surface area contributed by atoms with E-state index in [2.05, 4.69) is 4.98 Å². The van der Waals surface area contributed by atoms with Crippen LogP contribution in [0.2, 0.25) is 5.02 Å². The van der Waals surface area contributed by atoms with Crippen LogP contribution in [-0.4, -0.2) is 14.8 Å². The van der Waals surface area contributed by atoms with E-state index < -0.39 is 11.2 Å².